The van der Waals surface area contributed by atoms with Crippen LogP contribution in [-0.4, -0.2) is 31.9 Å². The van der Waals surface area contributed by atoms with Crippen molar-refractivity contribution >= 4 is 22.8 Å². The van der Waals surface area contributed by atoms with Crippen molar-refractivity contribution in [1.29, 1.82) is 0 Å². The van der Waals surface area contributed by atoms with Gasteiger partial charge >= 0.3 is 5.69 Å². The van der Waals surface area contributed by atoms with E-state index < -0.39 is 11.2 Å². The first-order chi connectivity index (χ1) is 16.5. The summed E-state index contributed by atoms with van der Waals surface area (Å²) in [7, 11) is 3.23. The maximum Gasteiger partial charge on any atom is 0.329 e. The summed E-state index contributed by atoms with van der Waals surface area (Å²) in [5, 5.41) is 4.49. The highest BCUT2D eigenvalue weighted by molar-refractivity contribution is 5.99. The average molecular weight is 469 g/mol. The number of hydrazone groups is 1. The van der Waals surface area contributed by atoms with Gasteiger partial charge in [0.1, 0.15) is 5.75 Å². The molecule has 3 aromatic rings. The number of nitrogens with one attached hydrogen (secondary N) is 2. The molecule has 9 heteroatoms. The number of ether oxygens (including phenoxy) is 1. The fraction of sp³-hybridized carbons (Fsp3) is 0.520. The third-order valence-electron chi connectivity index (χ3n) is 6.07. The predicted molar refractivity (Wildman–Crippen MR) is 137 cm³/mol. The summed E-state index contributed by atoms with van der Waals surface area (Å²) in [6.07, 6.45) is 9.51. The summed E-state index contributed by atoms with van der Waals surface area (Å²) in [6.45, 7) is 4.73. The quantitative estimate of drug-likeness (QED) is 0.220. The first-order valence-corrected chi connectivity index (χ1v) is 12.1. The van der Waals surface area contributed by atoms with Gasteiger partial charge in [0.15, 0.2) is 11.2 Å². The molecule has 0 fully saturated rings. The van der Waals surface area contributed by atoms with Gasteiger partial charge in [0, 0.05) is 13.6 Å². The van der Waals surface area contributed by atoms with E-state index in [2.05, 4.69) is 27.4 Å². The molecule has 0 unspecified atom stereocenters. The Morgan fingerprint density at radius 1 is 1.06 bits per heavy atom. The van der Waals surface area contributed by atoms with Crippen molar-refractivity contribution in [2.75, 3.05) is 12.5 Å². The van der Waals surface area contributed by atoms with E-state index in [0.717, 1.165) is 29.9 Å². The van der Waals surface area contributed by atoms with Crippen molar-refractivity contribution in [3.8, 4) is 5.75 Å². The molecule has 9 nitrogen and oxygen atoms in total. The third kappa shape index (κ3) is 6.15. The standard InChI is InChI=1S/C25H36N6O3/c1-5-6-7-8-9-10-11-12-17-31-21-22(30(3)25(33)27-23(21)32)26-24(31)29-28-18(2)19-13-15-20(34-4)16-14-19/h13-16H,5-12,17H2,1-4H3,(H,26,29)(H,27,32,33)/b28-18+. The van der Waals surface area contributed by atoms with Crippen LogP contribution in [-0.2, 0) is 13.6 Å². The van der Waals surface area contributed by atoms with Gasteiger partial charge in [-0.05, 0) is 43.2 Å². The second-order valence-electron chi connectivity index (χ2n) is 8.59. The molecule has 0 spiro atoms. The minimum Gasteiger partial charge on any atom is -0.497 e. The molecule has 34 heavy (non-hydrogen) atoms. The molecule has 0 atom stereocenters. The van der Waals surface area contributed by atoms with Gasteiger partial charge in [-0.3, -0.25) is 14.3 Å². The van der Waals surface area contributed by atoms with E-state index >= 15 is 0 Å². The molecule has 0 amide bonds. The molecule has 1 aromatic carbocycles. The van der Waals surface area contributed by atoms with Crippen LogP contribution < -0.4 is 21.4 Å². The molecule has 2 aromatic heterocycles. The van der Waals surface area contributed by atoms with E-state index in [1.807, 2.05) is 35.8 Å². The van der Waals surface area contributed by atoms with Gasteiger partial charge < -0.3 is 9.30 Å². The number of aromatic nitrogens is 4. The van der Waals surface area contributed by atoms with Gasteiger partial charge in [0.25, 0.3) is 5.56 Å². The monoisotopic (exact) mass is 468 g/mol. The van der Waals surface area contributed by atoms with E-state index in [1.165, 1.54) is 43.1 Å². The number of fused-ring (bicyclic) bond motifs is 1. The number of hydrogen-bond donors (Lipinski definition) is 2. The van der Waals surface area contributed by atoms with Crippen LogP contribution in [0.3, 0.4) is 0 Å². The van der Waals surface area contributed by atoms with Crippen LogP contribution in [0.15, 0.2) is 39.0 Å². The highest BCUT2D eigenvalue weighted by Crippen LogP contribution is 2.18. The zero-order valence-electron chi connectivity index (χ0n) is 20.7. The Morgan fingerprint density at radius 3 is 2.35 bits per heavy atom. The van der Waals surface area contributed by atoms with Crippen molar-refractivity contribution in [2.24, 2.45) is 12.1 Å². The fourth-order valence-electron chi connectivity index (χ4n) is 3.97. The number of benzene rings is 1. The van der Waals surface area contributed by atoms with Crippen molar-refractivity contribution in [2.45, 2.75) is 71.8 Å². The predicted octanol–water partition coefficient (Wildman–Crippen LogP) is 4.41. The molecule has 2 N–H and O–H groups in total. The molecular formula is C25H36N6O3. The summed E-state index contributed by atoms with van der Waals surface area (Å²) in [4.78, 5) is 31.6. The lowest BCUT2D eigenvalue weighted by Crippen LogP contribution is -2.29. The molecule has 0 aliphatic carbocycles. The molecule has 0 radical (unpaired) electrons. The first-order valence-electron chi connectivity index (χ1n) is 12.1. The summed E-state index contributed by atoms with van der Waals surface area (Å²) < 4.78 is 8.39. The van der Waals surface area contributed by atoms with E-state index in [0.29, 0.717) is 23.7 Å². The van der Waals surface area contributed by atoms with Gasteiger partial charge in [-0.15, -0.1) is 0 Å². The van der Waals surface area contributed by atoms with Gasteiger partial charge in [-0.25, -0.2) is 10.2 Å². The topological polar surface area (TPSA) is 106 Å². The summed E-state index contributed by atoms with van der Waals surface area (Å²) in [6, 6.07) is 7.61. The maximum atomic E-state index is 12.6. The molecule has 3 rings (SSSR count). The van der Waals surface area contributed by atoms with Crippen LogP contribution in [0, 0.1) is 0 Å². The third-order valence-corrected chi connectivity index (χ3v) is 6.07. The van der Waals surface area contributed by atoms with E-state index in [4.69, 9.17) is 4.74 Å². The average Bonchev–Trinajstić information content (AvgIpc) is 3.21. The Balaban J connectivity index is 1.79. The van der Waals surface area contributed by atoms with Crippen molar-refractivity contribution in [3.63, 3.8) is 0 Å². The number of nitrogens with zero attached hydrogens (tertiary/aromatic N) is 4. The van der Waals surface area contributed by atoms with Crippen molar-refractivity contribution in [3.05, 3.63) is 50.7 Å². The Kier molecular flexibility index (Phi) is 9.07. The molecule has 2 heterocycles. The maximum absolute atomic E-state index is 12.6. The number of methoxy groups -OCH3 is 1. The summed E-state index contributed by atoms with van der Waals surface area (Å²) in [5.74, 6) is 1.22. The van der Waals surface area contributed by atoms with Gasteiger partial charge in [0.05, 0.1) is 12.8 Å². The number of rotatable bonds is 13. The zero-order valence-corrected chi connectivity index (χ0v) is 20.7. The lowest BCUT2D eigenvalue weighted by atomic mass is 10.1. The highest BCUT2D eigenvalue weighted by atomic mass is 16.5. The van der Waals surface area contributed by atoms with Gasteiger partial charge in [0.2, 0.25) is 5.95 Å². The second kappa shape index (κ2) is 12.2. The molecule has 184 valence electrons. The first kappa shape index (κ1) is 25.3. The molecule has 0 aliphatic rings. The van der Waals surface area contributed by atoms with Crippen molar-refractivity contribution in [1.82, 2.24) is 19.1 Å². The summed E-state index contributed by atoms with van der Waals surface area (Å²) >= 11 is 0. The lowest BCUT2D eigenvalue weighted by Gasteiger charge is -2.09. The zero-order chi connectivity index (χ0) is 24.5. The Hall–Kier alpha value is -3.36. The number of imidazole rings is 1. The Morgan fingerprint density at radius 2 is 1.71 bits per heavy atom. The van der Waals surface area contributed by atoms with Gasteiger partial charge in [-0.2, -0.15) is 10.1 Å². The number of anilines is 1. The number of aromatic amines is 1. The largest absolute Gasteiger partial charge is 0.497 e. The molecule has 0 saturated heterocycles. The number of hydrogen-bond acceptors (Lipinski definition) is 6. The molecule has 0 aliphatic heterocycles. The smallest absolute Gasteiger partial charge is 0.329 e. The minimum absolute atomic E-state index is 0.341. The Labute approximate surface area is 199 Å². The summed E-state index contributed by atoms with van der Waals surface area (Å²) in [5.41, 5.74) is 4.51. The SMILES string of the molecule is CCCCCCCCCCn1c(N/N=C(\C)c2ccc(OC)cc2)nc2c1c(=O)[nH]c(=O)n2C. The number of unbranched alkanes of at least 4 members (excludes halogenated alkanes) is 7. The molecule has 0 bridgehead atoms. The number of H-pyrrole nitrogens is 1. The fourth-order valence-corrected chi connectivity index (χ4v) is 3.97. The second-order valence-corrected chi connectivity index (χ2v) is 8.59. The number of aryl methyl sites for hydroxylation is 2. The van der Waals surface area contributed by atoms with E-state index in [9.17, 15) is 9.59 Å². The minimum atomic E-state index is -0.487. The normalized spacial score (nSPS) is 11.8. The van der Waals surface area contributed by atoms with Crippen molar-refractivity contribution < 1.29 is 4.74 Å². The van der Waals surface area contributed by atoms with Crippen LogP contribution in [0.25, 0.3) is 11.2 Å². The van der Waals surface area contributed by atoms with Crippen LogP contribution in [0.5, 0.6) is 5.75 Å². The van der Waals surface area contributed by atoms with Crippen LogP contribution in [0.2, 0.25) is 0 Å². The van der Waals surface area contributed by atoms with Crippen LogP contribution in [0.1, 0.15) is 70.8 Å². The Bertz CT molecular complexity index is 1220. The highest BCUT2D eigenvalue weighted by Gasteiger charge is 2.17. The van der Waals surface area contributed by atoms with E-state index in [1.54, 1.807) is 14.2 Å². The van der Waals surface area contributed by atoms with Crippen LogP contribution >= 0.6 is 0 Å². The molecular weight excluding hydrogens is 432 g/mol. The molecule has 0 saturated carbocycles. The van der Waals surface area contributed by atoms with E-state index in [-0.39, 0.29) is 0 Å². The lowest BCUT2D eigenvalue weighted by molar-refractivity contribution is 0.415. The van der Waals surface area contributed by atoms with Crippen LogP contribution in [0.4, 0.5) is 5.95 Å². The van der Waals surface area contributed by atoms with Gasteiger partial charge in [-0.1, -0.05) is 51.9 Å².